The van der Waals surface area contributed by atoms with Crippen molar-refractivity contribution in [3.8, 4) is 0 Å². The molecule has 0 unspecified atom stereocenters. The summed E-state index contributed by atoms with van der Waals surface area (Å²) in [5.41, 5.74) is 3.06. The number of aryl methyl sites for hydroxylation is 2. The standard InChI is InChI=1S/C20H22N2O2/c1-14-19(15(2)24-21-14)10-11-20(23)22(3)13-16-8-9-17-6-4-5-7-18(17)12-16/h4-9,12H,10-11,13H2,1-3H3. The molecule has 0 bridgehead atoms. The molecule has 0 aliphatic rings. The molecule has 4 nitrogen and oxygen atoms in total. The highest BCUT2D eigenvalue weighted by atomic mass is 16.5. The summed E-state index contributed by atoms with van der Waals surface area (Å²) in [4.78, 5) is 14.2. The van der Waals surface area contributed by atoms with Crippen LogP contribution in [0.1, 0.15) is 29.0 Å². The van der Waals surface area contributed by atoms with E-state index >= 15 is 0 Å². The Balaban J connectivity index is 1.62. The first-order valence-electron chi connectivity index (χ1n) is 8.18. The Labute approximate surface area is 142 Å². The minimum atomic E-state index is 0.128. The van der Waals surface area contributed by atoms with Crippen molar-refractivity contribution in [2.45, 2.75) is 33.2 Å². The van der Waals surface area contributed by atoms with Gasteiger partial charge in [-0.15, -0.1) is 0 Å². The first kappa shape index (κ1) is 16.2. The van der Waals surface area contributed by atoms with Crippen molar-refractivity contribution in [2.75, 3.05) is 7.05 Å². The van der Waals surface area contributed by atoms with E-state index in [1.54, 1.807) is 4.90 Å². The number of hydrogen-bond donors (Lipinski definition) is 0. The van der Waals surface area contributed by atoms with Gasteiger partial charge in [0, 0.05) is 25.6 Å². The number of carbonyl (C=O) groups excluding carboxylic acids is 1. The maximum atomic E-state index is 12.4. The second-order valence-corrected chi connectivity index (χ2v) is 6.23. The average molecular weight is 322 g/mol. The summed E-state index contributed by atoms with van der Waals surface area (Å²) in [6.07, 6.45) is 1.13. The fourth-order valence-corrected chi connectivity index (χ4v) is 2.98. The van der Waals surface area contributed by atoms with Crippen LogP contribution in [0.3, 0.4) is 0 Å². The zero-order chi connectivity index (χ0) is 17.1. The summed E-state index contributed by atoms with van der Waals surface area (Å²) in [6, 6.07) is 14.6. The summed E-state index contributed by atoms with van der Waals surface area (Å²) >= 11 is 0. The molecule has 4 heteroatoms. The van der Waals surface area contributed by atoms with E-state index in [4.69, 9.17) is 4.52 Å². The van der Waals surface area contributed by atoms with Crippen molar-refractivity contribution in [1.82, 2.24) is 10.1 Å². The molecule has 1 aromatic heterocycles. The predicted molar refractivity (Wildman–Crippen MR) is 94.7 cm³/mol. The molecular weight excluding hydrogens is 300 g/mol. The van der Waals surface area contributed by atoms with Gasteiger partial charge in [-0.2, -0.15) is 0 Å². The lowest BCUT2D eigenvalue weighted by Crippen LogP contribution is -2.26. The van der Waals surface area contributed by atoms with Gasteiger partial charge in [0.15, 0.2) is 0 Å². The van der Waals surface area contributed by atoms with Gasteiger partial charge in [-0.3, -0.25) is 4.79 Å². The number of rotatable bonds is 5. The van der Waals surface area contributed by atoms with Crippen molar-refractivity contribution in [2.24, 2.45) is 0 Å². The van der Waals surface area contributed by atoms with Crippen LogP contribution < -0.4 is 0 Å². The SMILES string of the molecule is Cc1noc(C)c1CCC(=O)N(C)Cc1ccc2ccccc2c1. The van der Waals surface area contributed by atoms with Crippen LogP contribution in [0.5, 0.6) is 0 Å². The summed E-state index contributed by atoms with van der Waals surface area (Å²) < 4.78 is 5.15. The Morgan fingerprint density at radius 1 is 1.12 bits per heavy atom. The lowest BCUT2D eigenvalue weighted by Gasteiger charge is -2.17. The Morgan fingerprint density at radius 3 is 2.58 bits per heavy atom. The van der Waals surface area contributed by atoms with Crippen LogP contribution in [0.25, 0.3) is 10.8 Å². The highest BCUT2D eigenvalue weighted by molar-refractivity contribution is 5.83. The van der Waals surface area contributed by atoms with Gasteiger partial charge in [-0.25, -0.2) is 0 Å². The number of nitrogens with zero attached hydrogens (tertiary/aromatic N) is 2. The fourth-order valence-electron chi connectivity index (χ4n) is 2.98. The fraction of sp³-hybridized carbons (Fsp3) is 0.300. The number of carbonyl (C=O) groups is 1. The highest BCUT2D eigenvalue weighted by Gasteiger charge is 2.14. The molecule has 1 heterocycles. The smallest absolute Gasteiger partial charge is 0.222 e. The van der Waals surface area contributed by atoms with Crippen LogP contribution in [0.15, 0.2) is 47.0 Å². The number of amides is 1. The summed E-state index contributed by atoms with van der Waals surface area (Å²) in [5.74, 6) is 0.931. The number of fused-ring (bicyclic) bond motifs is 1. The second-order valence-electron chi connectivity index (χ2n) is 6.23. The average Bonchev–Trinajstić information content (AvgIpc) is 2.90. The molecule has 0 N–H and O–H groups in total. The molecule has 124 valence electrons. The van der Waals surface area contributed by atoms with E-state index in [0.717, 1.165) is 22.6 Å². The van der Waals surface area contributed by atoms with E-state index in [1.165, 1.54) is 10.8 Å². The Bertz CT molecular complexity index is 847. The van der Waals surface area contributed by atoms with Gasteiger partial charge in [-0.05, 0) is 42.7 Å². The van der Waals surface area contributed by atoms with E-state index in [2.05, 4.69) is 35.5 Å². The lowest BCUT2D eigenvalue weighted by molar-refractivity contribution is -0.130. The van der Waals surface area contributed by atoms with Crippen LogP contribution in [-0.2, 0) is 17.8 Å². The first-order valence-corrected chi connectivity index (χ1v) is 8.18. The number of benzene rings is 2. The van der Waals surface area contributed by atoms with Crippen molar-refractivity contribution in [3.63, 3.8) is 0 Å². The molecular formula is C20H22N2O2. The Hall–Kier alpha value is -2.62. The minimum Gasteiger partial charge on any atom is -0.361 e. The first-order chi connectivity index (χ1) is 11.5. The molecule has 0 aliphatic carbocycles. The van der Waals surface area contributed by atoms with E-state index in [9.17, 15) is 4.79 Å². The molecule has 24 heavy (non-hydrogen) atoms. The lowest BCUT2D eigenvalue weighted by atomic mass is 10.1. The van der Waals surface area contributed by atoms with E-state index in [-0.39, 0.29) is 5.91 Å². The molecule has 0 saturated heterocycles. The monoisotopic (exact) mass is 322 g/mol. The summed E-state index contributed by atoms with van der Waals surface area (Å²) in [5, 5.41) is 6.35. The van der Waals surface area contributed by atoms with Crippen LogP contribution in [0.4, 0.5) is 0 Å². The molecule has 0 atom stereocenters. The van der Waals surface area contributed by atoms with Crippen molar-refractivity contribution in [3.05, 3.63) is 65.0 Å². The van der Waals surface area contributed by atoms with Crippen molar-refractivity contribution >= 4 is 16.7 Å². The molecule has 0 saturated carbocycles. The van der Waals surface area contributed by atoms with Gasteiger partial charge < -0.3 is 9.42 Å². The van der Waals surface area contributed by atoms with E-state index in [1.807, 2.05) is 33.0 Å². The van der Waals surface area contributed by atoms with Crippen LogP contribution in [0.2, 0.25) is 0 Å². The van der Waals surface area contributed by atoms with Crippen LogP contribution in [0, 0.1) is 13.8 Å². The van der Waals surface area contributed by atoms with Gasteiger partial charge in [0.25, 0.3) is 0 Å². The molecule has 2 aromatic carbocycles. The zero-order valence-corrected chi connectivity index (χ0v) is 14.4. The van der Waals surface area contributed by atoms with Gasteiger partial charge >= 0.3 is 0 Å². The molecule has 0 fully saturated rings. The molecule has 3 rings (SSSR count). The van der Waals surface area contributed by atoms with Gasteiger partial charge in [0.1, 0.15) is 5.76 Å². The highest BCUT2D eigenvalue weighted by Crippen LogP contribution is 2.18. The Kier molecular flexibility index (Phi) is 4.65. The normalized spacial score (nSPS) is 11.0. The Morgan fingerprint density at radius 2 is 1.88 bits per heavy atom. The maximum Gasteiger partial charge on any atom is 0.222 e. The summed E-state index contributed by atoms with van der Waals surface area (Å²) in [6.45, 7) is 4.42. The zero-order valence-electron chi connectivity index (χ0n) is 14.4. The van der Waals surface area contributed by atoms with E-state index in [0.29, 0.717) is 19.4 Å². The third-order valence-electron chi connectivity index (χ3n) is 4.43. The largest absolute Gasteiger partial charge is 0.361 e. The number of hydrogen-bond acceptors (Lipinski definition) is 3. The van der Waals surface area contributed by atoms with Gasteiger partial charge in [0.05, 0.1) is 5.69 Å². The second kappa shape index (κ2) is 6.87. The van der Waals surface area contributed by atoms with Gasteiger partial charge in [0.2, 0.25) is 5.91 Å². The molecule has 0 radical (unpaired) electrons. The predicted octanol–water partition coefficient (Wildman–Crippen LogP) is 4.04. The molecule has 0 aliphatic heterocycles. The van der Waals surface area contributed by atoms with Crippen molar-refractivity contribution in [1.29, 1.82) is 0 Å². The third-order valence-corrected chi connectivity index (χ3v) is 4.43. The number of aromatic nitrogens is 1. The third kappa shape index (κ3) is 3.48. The quantitative estimate of drug-likeness (QED) is 0.712. The molecule has 1 amide bonds. The van der Waals surface area contributed by atoms with Crippen LogP contribution in [-0.4, -0.2) is 23.0 Å². The van der Waals surface area contributed by atoms with Crippen molar-refractivity contribution < 1.29 is 9.32 Å². The summed E-state index contributed by atoms with van der Waals surface area (Å²) in [7, 11) is 1.85. The van der Waals surface area contributed by atoms with Crippen LogP contribution >= 0.6 is 0 Å². The molecule has 0 spiro atoms. The maximum absolute atomic E-state index is 12.4. The minimum absolute atomic E-state index is 0.128. The molecule has 3 aromatic rings. The van der Waals surface area contributed by atoms with E-state index < -0.39 is 0 Å². The topological polar surface area (TPSA) is 46.3 Å². The van der Waals surface area contributed by atoms with Gasteiger partial charge in [-0.1, -0.05) is 41.6 Å².